The predicted molar refractivity (Wildman–Crippen MR) is 99.7 cm³/mol. The Morgan fingerprint density at radius 1 is 1.14 bits per heavy atom. The van der Waals surface area contributed by atoms with Crippen LogP contribution in [0.25, 0.3) is 0 Å². The fraction of sp³-hybridized carbons (Fsp3) is 0.571. The Balaban J connectivity index is 1.45. The van der Waals surface area contributed by atoms with E-state index >= 15 is 0 Å². The van der Waals surface area contributed by atoms with Crippen LogP contribution in [-0.2, 0) is 15.5 Å². The third-order valence-corrected chi connectivity index (χ3v) is 6.56. The fourth-order valence-corrected chi connectivity index (χ4v) is 5.13. The first-order valence-electron chi connectivity index (χ1n) is 10.1. The summed E-state index contributed by atoms with van der Waals surface area (Å²) in [6.07, 6.45) is 3.90. The number of hydrogen-bond donors (Lipinski definition) is 2. The molecule has 0 aromatic heterocycles. The van der Waals surface area contributed by atoms with Crippen molar-refractivity contribution in [3.63, 3.8) is 0 Å². The highest BCUT2D eigenvalue weighted by molar-refractivity contribution is 5.97. The number of hydrogen-bond acceptors (Lipinski definition) is 3. The summed E-state index contributed by atoms with van der Waals surface area (Å²) in [4.78, 5) is 37.3. The van der Waals surface area contributed by atoms with Crippen LogP contribution in [-0.4, -0.2) is 46.9 Å². The minimum Gasteiger partial charge on any atom is -0.480 e. The lowest BCUT2D eigenvalue weighted by atomic mass is 9.78. The van der Waals surface area contributed by atoms with Gasteiger partial charge in [-0.05, 0) is 49.3 Å². The Morgan fingerprint density at radius 3 is 2.66 bits per heavy atom. The molecule has 2 N–H and O–H groups in total. The van der Waals surface area contributed by atoms with Crippen LogP contribution in [0.2, 0.25) is 0 Å². The quantitative estimate of drug-likeness (QED) is 0.805. The van der Waals surface area contributed by atoms with Gasteiger partial charge < -0.3 is 15.3 Å². The van der Waals surface area contributed by atoms with E-state index in [2.05, 4.69) is 5.32 Å². The van der Waals surface area contributed by atoms with Gasteiger partial charge in [-0.1, -0.05) is 18.9 Å². The number of benzene rings is 1. The molecule has 29 heavy (non-hydrogen) atoms. The van der Waals surface area contributed by atoms with Gasteiger partial charge in [0, 0.05) is 23.6 Å². The lowest BCUT2D eigenvalue weighted by Crippen LogP contribution is -2.45. The maximum Gasteiger partial charge on any atom is 0.326 e. The molecule has 4 rings (SSSR count). The molecule has 0 bridgehead atoms. The number of likely N-dealkylation sites (tertiary alicyclic amines) is 1. The number of rotatable bonds is 4. The van der Waals surface area contributed by atoms with Crippen molar-refractivity contribution in [2.75, 3.05) is 13.1 Å². The predicted octanol–water partition coefficient (Wildman–Crippen LogP) is 2.87. The van der Waals surface area contributed by atoms with Gasteiger partial charge in [-0.15, -0.1) is 0 Å². The molecule has 156 valence electrons. The Bertz CT molecular complexity index is 857. The van der Waals surface area contributed by atoms with E-state index in [1.54, 1.807) is 0 Å². The van der Waals surface area contributed by atoms with E-state index in [1.807, 2.05) is 0 Å². The molecule has 0 spiro atoms. The number of nitrogens with one attached hydrogen (secondary N) is 1. The largest absolute Gasteiger partial charge is 0.480 e. The maximum absolute atomic E-state index is 14.7. The summed E-state index contributed by atoms with van der Waals surface area (Å²) in [5.74, 6) is -5.83. The van der Waals surface area contributed by atoms with Crippen molar-refractivity contribution in [2.45, 2.75) is 56.4 Å². The molecule has 3 aliphatic rings. The Hall–Kier alpha value is -2.51. The molecular formula is C21H24F2N2O4. The number of nitrogens with zero attached hydrogens (tertiary/aromatic N) is 1. The number of aliphatic carboxylic acids is 1. The number of fused-ring (bicyclic) bond motifs is 3. The number of carboxylic acid groups (broad SMARTS) is 1. The van der Waals surface area contributed by atoms with Crippen LogP contribution in [0.3, 0.4) is 0 Å². The van der Waals surface area contributed by atoms with Crippen molar-refractivity contribution in [3.8, 4) is 0 Å². The van der Waals surface area contributed by atoms with Gasteiger partial charge in [0.2, 0.25) is 5.91 Å². The van der Waals surface area contributed by atoms with Crippen LogP contribution in [0.5, 0.6) is 0 Å². The van der Waals surface area contributed by atoms with Crippen LogP contribution < -0.4 is 5.32 Å². The van der Waals surface area contributed by atoms with Gasteiger partial charge in [0.1, 0.15) is 6.04 Å². The molecule has 2 aliphatic carbocycles. The van der Waals surface area contributed by atoms with Gasteiger partial charge in [0.05, 0.1) is 6.54 Å². The second-order valence-electron chi connectivity index (χ2n) is 8.19. The third-order valence-electron chi connectivity index (χ3n) is 6.56. The SMILES string of the molecule is O=C(NCC(=O)N1CCCC1C(=O)O)c1ccc2c(c1)C1CCCCC1C2(F)F. The molecule has 2 fully saturated rings. The van der Waals surface area contributed by atoms with E-state index in [9.17, 15) is 28.3 Å². The molecule has 8 heteroatoms. The highest BCUT2D eigenvalue weighted by Crippen LogP contribution is 2.58. The van der Waals surface area contributed by atoms with Gasteiger partial charge in [-0.25, -0.2) is 13.6 Å². The van der Waals surface area contributed by atoms with E-state index in [4.69, 9.17) is 0 Å². The van der Waals surface area contributed by atoms with Crippen molar-refractivity contribution in [3.05, 3.63) is 34.9 Å². The average Bonchev–Trinajstić information content (AvgIpc) is 3.29. The van der Waals surface area contributed by atoms with E-state index < -0.39 is 35.7 Å². The van der Waals surface area contributed by atoms with Crippen LogP contribution in [0, 0.1) is 5.92 Å². The molecular weight excluding hydrogens is 382 g/mol. The Kier molecular flexibility index (Phi) is 5.04. The Labute approximate surface area is 167 Å². The van der Waals surface area contributed by atoms with Crippen molar-refractivity contribution in [1.82, 2.24) is 10.2 Å². The summed E-state index contributed by atoms with van der Waals surface area (Å²) in [5, 5.41) is 11.7. The summed E-state index contributed by atoms with van der Waals surface area (Å²) in [6, 6.07) is 3.39. The van der Waals surface area contributed by atoms with E-state index in [-0.39, 0.29) is 23.6 Å². The van der Waals surface area contributed by atoms with E-state index in [0.29, 0.717) is 37.8 Å². The van der Waals surface area contributed by atoms with Crippen molar-refractivity contribution >= 4 is 17.8 Å². The summed E-state index contributed by atoms with van der Waals surface area (Å²) in [6.45, 7) is 0.0323. The number of halogens is 2. The van der Waals surface area contributed by atoms with Crippen LogP contribution in [0.1, 0.15) is 65.9 Å². The molecule has 2 amide bonds. The summed E-state index contributed by atoms with van der Waals surface area (Å²) in [7, 11) is 0. The first-order valence-corrected chi connectivity index (χ1v) is 10.1. The Morgan fingerprint density at radius 2 is 1.90 bits per heavy atom. The monoisotopic (exact) mass is 406 g/mol. The first kappa shape index (κ1) is 19.8. The topological polar surface area (TPSA) is 86.7 Å². The molecule has 6 nitrogen and oxygen atoms in total. The van der Waals surface area contributed by atoms with Gasteiger partial charge in [0.15, 0.2) is 0 Å². The standard InChI is InChI=1S/C21H24F2N2O4/c22-21(23)15-5-2-1-4-13(15)14-10-12(7-8-16(14)21)19(27)24-11-18(26)25-9-3-6-17(25)20(28)29/h7-8,10,13,15,17H,1-6,9,11H2,(H,24,27)(H,28,29). The number of carbonyl (C=O) groups is 3. The van der Waals surface area contributed by atoms with E-state index in [0.717, 1.165) is 12.8 Å². The molecule has 1 saturated carbocycles. The molecule has 1 aromatic carbocycles. The van der Waals surface area contributed by atoms with Gasteiger partial charge in [-0.2, -0.15) is 0 Å². The summed E-state index contributed by atoms with van der Waals surface area (Å²) < 4.78 is 29.5. The summed E-state index contributed by atoms with van der Waals surface area (Å²) in [5.41, 5.74) is 0.808. The zero-order valence-corrected chi connectivity index (χ0v) is 16.0. The highest BCUT2D eigenvalue weighted by atomic mass is 19.3. The highest BCUT2D eigenvalue weighted by Gasteiger charge is 2.54. The summed E-state index contributed by atoms with van der Waals surface area (Å²) >= 11 is 0. The van der Waals surface area contributed by atoms with Crippen LogP contribution in [0.15, 0.2) is 18.2 Å². The minimum atomic E-state index is -2.87. The molecule has 1 aromatic rings. The van der Waals surface area contributed by atoms with Gasteiger partial charge in [0.25, 0.3) is 11.8 Å². The zero-order chi connectivity index (χ0) is 20.8. The molecule has 1 saturated heterocycles. The number of alkyl halides is 2. The van der Waals surface area contributed by atoms with Crippen LogP contribution in [0.4, 0.5) is 8.78 Å². The second kappa shape index (κ2) is 7.39. The number of carbonyl (C=O) groups excluding carboxylic acids is 2. The first-order chi connectivity index (χ1) is 13.8. The lowest BCUT2D eigenvalue weighted by Gasteiger charge is -2.29. The van der Waals surface area contributed by atoms with Crippen molar-refractivity contribution in [1.29, 1.82) is 0 Å². The fourth-order valence-electron chi connectivity index (χ4n) is 5.13. The third kappa shape index (κ3) is 3.38. The van der Waals surface area contributed by atoms with Crippen molar-refractivity contribution < 1.29 is 28.3 Å². The lowest BCUT2D eigenvalue weighted by molar-refractivity contribution is -0.147. The second-order valence-corrected chi connectivity index (χ2v) is 8.19. The average molecular weight is 406 g/mol. The van der Waals surface area contributed by atoms with Crippen molar-refractivity contribution in [2.24, 2.45) is 5.92 Å². The normalized spacial score (nSPS) is 27.2. The molecule has 3 atom stereocenters. The zero-order valence-electron chi connectivity index (χ0n) is 16.0. The number of carboxylic acids is 1. The molecule has 1 heterocycles. The minimum absolute atomic E-state index is 0.0170. The molecule has 0 radical (unpaired) electrons. The number of amides is 2. The maximum atomic E-state index is 14.7. The molecule has 1 aliphatic heterocycles. The van der Waals surface area contributed by atoms with E-state index in [1.165, 1.54) is 23.1 Å². The molecule has 3 unspecified atom stereocenters. The van der Waals surface area contributed by atoms with Gasteiger partial charge >= 0.3 is 5.97 Å². The smallest absolute Gasteiger partial charge is 0.326 e. The van der Waals surface area contributed by atoms with Gasteiger partial charge in [-0.3, -0.25) is 9.59 Å². The van der Waals surface area contributed by atoms with Crippen LogP contribution >= 0.6 is 0 Å².